The predicted molar refractivity (Wildman–Crippen MR) is 107 cm³/mol. The molecule has 1 amide bonds. The van der Waals surface area contributed by atoms with E-state index < -0.39 is 54.1 Å². The van der Waals surface area contributed by atoms with E-state index in [1.54, 1.807) is 20.8 Å². The van der Waals surface area contributed by atoms with Gasteiger partial charge in [-0.15, -0.1) is 0 Å². The van der Waals surface area contributed by atoms with Gasteiger partial charge in [-0.1, -0.05) is 0 Å². The van der Waals surface area contributed by atoms with Crippen LogP contribution in [0.15, 0.2) is 16.6 Å². The zero-order chi connectivity index (χ0) is 21.4. The highest BCUT2D eigenvalue weighted by molar-refractivity contribution is 14.1. The van der Waals surface area contributed by atoms with Gasteiger partial charge in [0.2, 0.25) is 5.60 Å². The van der Waals surface area contributed by atoms with Crippen LogP contribution in [0.5, 0.6) is 5.75 Å². The fraction of sp³-hybridized carbons (Fsp3) is 0.471. The lowest BCUT2D eigenvalue weighted by atomic mass is 10.00. The minimum atomic E-state index is -2.08. The average Bonchev–Trinajstić information content (AvgIpc) is 2.92. The molecule has 0 aromatic heterocycles. The van der Waals surface area contributed by atoms with Gasteiger partial charge in [0.1, 0.15) is 23.2 Å². The summed E-state index contributed by atoms with van der Waals surface area (Å²) in [4.78, 5) is 36.9. The van der Waals surface area contributed by atoms with Crippen LogP contribution in [0.25, 0.3) is 0 Å². The van der Waals surface area contributed by atoms with Crippen LogP contribution in [0.2, 0.25) is 0 Å². The first-order valence-electron chi connectivity index (χ1n) is 8.05. The first kappa shape index (κ1) is 22.7. The molecular formula is C17H18BrFINO7. The molecule has 1 saturated heterocycles. The molecule has 0 saturated carbocycles. The van der Waals surface area contributed by atoms with E-state index in [0.717, 1.165) is 11.0 Å². The number of ether oxygens (including phenoxy) is 2. The molecule has 0 radical (unpaired) electrons. The molecule has 8 nitrogen and oxygen atoms in total. The van der Waals surface area contributed by atoms with E-state index in [9.17, 15) is 29.0 Å². The van der Waals surface area contributed by atoms with Gasteiger partial charge >= 0.3 is 18.0 Å². The number of aliphatic carboxylic acids is 2. The number of carboxylic acids is 2. The predicted octanol–water partition coefficient (Wildman–Crippen LogP) is 3.49. The van der Waals surface area contributed by atoms with Crippen molar-refractivity contribution in [1.82, 2.24) is 4.90 Å². The van der Waals surface area contributed by atoms with Crippen LogP contribution in [-0.2, 0) is 14.3 Å². The Balaban J connectivity index is 2.43. The standard InChI is InChI=1S/C17H18BrFINO7/c1-16(2,3)28-15(26)21-7-17(14(24)25,6-10(21)13(22)23)27-11-5-8(19)4-9(18)12(11)20/h4-5,10H,6-7H2,1-3H3,(H,22,23)(H,24,25)/t10-,17+/m0/s1. The summed E-state index contributed by atoms with van der Waals surface area (Å²) in [6.07, 6.45) is -1.50. The van der Waals surface area contributed by atoms with E-state index in [0.29, 0.717) is 8.04 Å². The van der Waals surface area contributed by atoms with Crippen molar-refractivity contribution in [3.05, 3.63) is 26.0 Å². The molecule has 2 N–H and O–H groups in total. The third kappa shape index (κ3) is 4.85. The number of nitrogens with zero attached hydrogens (tertiary/aromatic N) is 1. The number of hydrogen-bond acceptors (Lipinski definition) is 5. The molecule has 2 rings (SSSR count). The monoisotopic (exact) mass is 573 g/mol. The van der Waals surface area contributed by atoms with Crippen LogP contribution in [0, 0.1) is 9.39 Å². The first-order valence-corrected chi connectivity index (χ1v) is 9.92. The van der Waals surface area contributed by atoms with Gasteiger partial charge in [-0.05, 0) is 65.4 Å². The van der Waals surface area contributed by atoms with E-state index in [4.69, 9.17) is 9.47 Å². The third-order valence-electron chi connectivity index (χ3n) is 3.89. The molecule has 1 heterocycles. The Kier molecular flexibility index (Phi) is 6.48. The van der Waals surface area contributed by atoms with Crippen LogP contribution < -0.4 is 4.74 Å². The average molecular weight is 574 g/mol. The van der Waals surface area contributed by atoms with Gasteiger partial charge in [0.15, 0.2) is 0 Å². The third-order valence-corrected chi connectivity index (χ3v) is 6.37. The van der Waals surface area contributed by atoms with Crippen LogP contribution in [-0.4, -0.2) is 56.9 Å². The minimum absolute atomic E-state index is 0.0787. The Morgan fingerprint density at radius 1 is 1.32 bits per heavy atom. The number of amides is 1. The Morgan fingerprint density at radius 2 is 1.93 bits per heavy atom. The van der Waals surface area contributed by atoms with Crippen molar-refractivity contribution in [3.8, 4) is 5.75 Å². The largest absolute Gasteiger partial charge is 0.480 e. The molecule has 11 heteroatoms. The van der Waals surface area contributed by atoms with Crippen LogP contribution >= 0.6 is 38.5 Å². The van der Waals surface area contributed by atoms with Crippen molar-refractivity contribution in [1.29, 1.82) is 0 Å². The Bertz CT molecular complexity index is 828. The first-order chi connectivity index (χ1) is 12.8. The van der Waals surface area contributed by atoms with Crippen molar-refractivity contribution in [2.24, 2.45) is 0 Å². The molecule has 28 heavy (non-hydrogen) atoms. The summed E-state index contributed by atoms with van der Waals surface area (Å²) < 4.78 is 25.3. The second kappa shape index (κ2) is 8.01. The normalized spacial score (nSPS) is 22.1. The van der Waals surface area contributed by atoms with Gasteiger partial charge in [-0.25, -0.2) is 18.8 Å². The second-order valence-electron chi connectivity index (χ2n) is 7.27. The maximum Gasteiger partial charge on any atom is 0.411 e. The van der Waals surface area contributed by atoms with Gasteiger partial charge in [-0.3, -0.25) is 4.90 Å². The molecular weight excluding hydrogens is 556 g/mol. The lowest BCUT2D eigenvalue weighted by Gasteiger charge is -2.28. The van der Waals surface area contributed by atoms with Gasteiger partial charge < -0.3 is 19.7 Å². The SMILES string of the molecule is CC(C)(C)OC(=O)N1C[C@@](Oc2cc(F)cc(Br)c2I)(C(=O)O)C[C@H]1C(=O)O. The highest BCUT2D eigenvalue weighted by Crippen LogP contribution is 2.37. The molecule has 1 aromatic rings. The van der Waals surface area contributed by atoms with Crippen molar-refractivity contribution >= 4 is 56.6 Å². The Morgan fingerprint density at radius 3 is 2.43 bits per heavy atom. The summed E-state index contributed by atoms with van der Waals surface area (Å²) in [5, 5.41) is 19.3. The number of hydrogen-bond donors (Lipinski definition) is 2. The molecule has 154 valence electrons. The smallest absolute Gasteiger partial charge is 0.411 e. The summed E-state index contributed by atoms with van der Waals surface area (Å²) in [7, 11) is 0. The van der Waals surface area contributed by atoms with Crippen LogP contribution in [0.4, 0.5) is 9.18 Å². The molecule has 1 fully saturated rings. The number of carbonyl (C=O) groups excluding carboxylic acids is 1. The molecule has 2 atom stereocenters. The Labute approximate surface area is 182 Å². The van der Waals surface area contributed by atoms with Gasteiger partial charge in [0.05, 0.1) is 10.1 Å². The highest BCUT2D eigenvalue weighted by atomic mass is 127. The Hall–Kier alpha value is -1.63. The van der Waals surface area contributed by atoms with Crippen molar-refractivity contribution in [3.63, 3.8) is 0 Å². The second-order valence-corrected chi connectivity index (χ2v) is 9.20. The number of halogens is 3. The fourth-order valence-corrected chi connectivity index (χ4v) is 3.53. The summed E-state index contributed by atoms with van der Waals surface area (Å²) in [6.45, 7) is 4.23. The minimum Gasteiger partial charge on any atom is -0.480 e. The zero-order valence-electron chi connectivity index (χ0n) is 15.2. The van der Waals surface area contributed by atoms with E-state index in [-0.39, 0.29) is 5.75 Å². The molecule has 1 aromatic carbocycles. The lowest BCUT2D eigenvalue weighted by Crippen LogP contribution is -2.48. The maximum atomic E-state index is 13.8. The van der Waals surface area contributed by atoms with E-state index >= 15 is 0 Å². The molecule has 1 aliphatic heterocycles. The van der Waals surface area contributed by atoms with E-state index in [1.165, 1.54) is 6.07 Å². The highest BCUT2D eigenvalue weighted by Gasteiger charge is 2.57. The molecule has 0 unspecified atom stereocenters. The number of carboxylic acid groups (broad SMARTS) is 2. The number of carbonyl (C=O) groups is 3. The number of likely N-dealkylation sites (tertiary alicyclic amines) is 1. The van der Waals surface area contributed by atoms with Crippen molar-refractivity contribution in [2.45, 2.75) is 44.4 Å². The molecule has 0 bridgehead atoms. The summed E-state index contributed by atoms with van der Waals surface area (Å²) in [6, 6.07) is 0.716. The van der Waals surface area contributed by atoms with E-state index in [1.807, 2.05) is 22.6 Å². The summed E-state index contributed by atoms with van der Waals surface area (Å²) in [5.74, 6) is -3.61. The van der Waals surface area contributed by atoms with Gasteiger partial charge in [0, 0.05) is 17.0 Å². The van der Waals surface area contributed by atoms with E-state index in [2.05, 4.69) is 15.9 Å². The summed E-state index contributed by atoms with van der Waals surface area (Å²) in [5.41, 5.74) is -2.98. The number of rotatable bonds is 4. The quantitative estimate of drug-likeness (QED) is 0.419. The topological polar surface area (TPSA) is 113 Å². The lowest BCUT2D eigenvalue weighted by molar-refractivity contribution is -0.154. The summed E-state index contributed by atoms with van der Waals surface area (Å²) >= 11 is 4.99. The van der Waals surface area contributed by atoms with Crippen molar-refractivity contribution in [2.75, 3.05) is 6.54 Å². The molecule has 1 aliphatic rings. The van der Waals surface area contributed by atoms with Crippen LogP contribution in [0.1, 0.15) is 27.2 Å². The molecule has 0 aliphatic carbocycles. The van der Waals surface area contributed by atoms with Crippen molar-refractivity contribution < 1.29 is 38.5 Å². The van der Waals surface area contributed by atoms with Crippen LogP contribution in [0.3, 0.4) is 0 Å². The number of benzene rings is 1. The van der Waals surface area contributed by atoms with Gasteiger partial charge in [-0.2, -0.15) is 0 Å². The molecule has 0 spiro atoms. The maximum absolute atomic E-state index is 13.8. The van der Waals surface area contributed by atoms with Gasteiger partial charge in [0.25, 0.3) is 0 Å². The fourth-order valence-electron chi connectivity index (χ4n) is 2.70. The zero-order valence-corrected chi connectivity index (χ0v) is 18.9.